The molecule has 2 aliphatic heterocycles. The van der Waals surface area contributed by atoms with Gasteiger partial charge in [-0.3, -0.25) is 9.79 Å². The summed E-state index contributed by atoms with van der Waals surface area (Å²) in [7, 11) is -4.12. The molecule has 0 aromatic heterocycles. The molecule has 1 aromatic carbocycles. The molecule has 4 rings (SSSR count). The summed E-state index contributed by atoms with van der Waals surface area (Å²) >= 11 is 0. The number of hydrogen-bond acceptors (Lipinski definition) is 4. The number of alkyl halides is 3. The largest absolute Gasteiger partial charge is 0.417 e. The van der Waals surface area contributed by atoms with E-state index in [1.54, 1.807) is 0 Å². The number of aliphatic imine (C=N–C) groups is 1. The van der Waals surface area contributed by atoms with Gasteiger partial charge in [-0.15, -0.1) is 0 Å². The van der Waals surface area contributed by atoms with Gasteiger partial charge in [0.1, 0.15) is 17.2 Å². The molecule has 2 heterocycles. The lowest BCUT2D eigenvalue weighted by Gasteiger charge is -2.34. The number of sulfonamides is 1. The Bertz CT molecular complexity index is 1080. The summed E-state index contributed by atoms with van der Waals surface area (Å²) < 4.78 is 80.0. The molecular weight excluding hydrogens is 462 g/mol. The molecule has 3 aliphatic rings. The molecule has 2 fully saturated rings. The van der Waals surface area contributed by atoms with Crippen molar-refractivity contribution in [2.45, 2.75) is 56.7 Å². The lowest BCUT2D eigenvalue weighted by molar-refractivity contribution is -0.138. The molecule has 0 atom stereocenters. The van der Waals surface area contributed by atoms with Gasteiger partial charge in [-0.05, 0) is 43.9 Å². The first kappa shape index (κ1) is 23.9. The molecule has 1 aliphatic carbocycles. The summed E-state index contributed by atoms with van der Waals surface area (Å²) in [5.41, 5.74) is -3.09. The number of rotatable bonds is 4. The fourth-order valence-corrected chi connectivity index (χ4v) is 5.93. The molecule has 1 saturated heterocycles. The highest BCUT2D eigenvalue weighted by Crippen LogP contribution is 2.36. The monoisotopic (exact) mass is 487 g/mol. The minimum absolute atomic E-state index is 0.00899. The Labute approximate surface area is 189 Å². The van der Waals surface area contributed by atoms with Crippen LogP contribution in [0.25, 0.3) is 6.08 Å². The first-order valence-corrected chi connectivity index (χ1v) is 12.5. The van der Waals surface area contributed by atoms with E-state index in [1.165, 1.54) is 6.42 Å². The second kappa shape index (κ2) is 8.83. The second-order valence-electron chi connectivity index (χ2n) is 8.76. The van der Waals surface area contributed by atoms with E-state index in [0.29, 0.717) is 23.4 Å². The quantitative estimate of drug-likeness (QED) is 0.650. The summed E-state index contributed by atoms with van der Waals surface area (Å²) in [6.45, 7) is -0.0180. The summed E-state index contributed by atoms with van der Waals surface area (Å²) in [5.74, 6) is -0.483. The van der Waals surface area contributed by atoms with Crippen molar-refractivity contribution in [3.8, 4) is 0 Å². The number of amidine groups is 1. The predicted octanol–water partition coefficient (Wildman–Crippen LogP) is 4.09. The van der Waals surface area contributed by atoms with Crippen molar-refractivity contribution in [1.82, 2.24) is 9.62 Å². The van der Waals surface area contributed by atoms with Gasteiger partial charge in [-0.2, -0.15) is 17.5 Å². The van der Waals surface area contributed by atoms with Crippen LogP contribution in [0.3, 0.4) is 0 Å². The van der Waals surface area contributed by atoms with E-state index < -0.39 is 38.7 Å². The Balaban J connectivity index is 1.48. The van der Waals surface area contributed by atoms with E-state index in [0.717, 1.165) is 42.1 Å². The van der Waals surface area contributed by atoms with Crippen LogP contribution in [0, 0.1) is 11.7 Å². The molecule has 1 amide bonds. The number of carbonyl (C=O) groups excluding carboxylic acids is 1. The van der Waals surface area contributed by atoms with Crippen molar-refractivity contribution in [3.63, 3.8) is 0 Å². The van der Waals surface area contributed by atoms with Crippen LogP contribution in [0.4, 0.5) is 17.6 Å². The average molecular weight is 488 g/mol. The van der Waals surface area contributed by atoms with Crippen molar-refractivity contribution < 1.29 is 30.8 Å². The van der Waals surface area contributed by atoms with Gasteiger partial charge in [-0.25, -0.2) is 12.8 Å². The zero-order valence-corrected chi connectivity index (χ0v) is 18.7. The minimum atomic E-state index is -4.83. The van der Waals surface area contributed by atoms with Gasteiger partial charge in [0, 0.05) is 30.0 Å². The molecular formula is C22H25F4N3O3S. The highest BCUT2D eigenvalue weighted by Gasteiger charge is 2.48. The molecule has 11 heteroatoms. The van der Waals surface area contributed by atoms with Gasteiger partial charge in [0.05, 0.1) is 5.56 Å². The Kier molecular flexibility index (Phi) is 6.38. The third kappa shape index (κ3) is 4.84. The van der Waals surface area contributed by atoms with Gasteiger partial charge in [0.15, 0.2) is 0 Å². The van der Waals surface area contributed by atoms with Crippen LogP contribution in [0.2, 0.25) is 0 Å². The molecule has 1 saturated carbocycles. The lowest BCUT2D eigenvalue weighted by atomic mass is 9.88. The number of piperidine rings is 1. The van der Waals surface area contributed by atoms with Crippen LogP contribution < -0.4 is 5.32 Å². The smallest absolute Gasteiger partial charge is 0.312 e. The van der Waals surface area contributed by atoms with Gasteiger partial charge >= 0.3 is 6.18 Å². The van der Waals surface area contributed by atoms with Gasteiger partial charge in [0.2, 0.25) is 10.0 Å². The van der Waals surface area contributed by atoms with E-state index in [9.17, 15) is 30.8 Å². The number of carbonyl (C=O) groups is 1. The average Bonchev–Trinajstić information content (AvgIpc) is 3.08. The Morgan fingerprint density at radius 1 is 1.12 bits per heavy atom. The maximum Gasteiger partial charge on any atom is 0.417 e. The highest BCUT2D eigenvalue weighted by molar-refractivity contribution is 7.92. The van der Waals surface area contributed by atoms with Crippen LogP contribution in [0.15, 0.2) is 28.6 Å². The summed E-state index contributed by atoms with van der Waals surface area (Å²) in [6, 6.07) is 2.45. The molecule has 1 aromatic rings. The van der Waals surface area contributed by atoms with E-state index >= 15 is 0 Å². The third-order valence-corrected chi connectivity index (χ3v) is 8.23. The number of nitrogens with one attached hydrogen (secondary N) is 1. The molecule has 33 heavy (non-hydrogen) atoms. The van der Waals surface area contributed by atoms with E-state index in [1.807, 2.05) is 0 Å². The van der Waals surface area contributed by atoms with Crippen LogP contribution in [0.1, 0.15) is 56.1 Å². The van der Waals surface area contributed by atoms with Crippen molar-refractivity contribution >= 4 is 27.8 Å². The summed E-state index contributed by atoms with van der Waals surface area (Å²) in [5, 5.41) is 3.48. The minimum Gasteiger partial charge on any atom is -0.312 e. The molecule has 0 bridgehead atoms. The zero-order valence-electron chi connectivity index (χ0n) is 17.9. The van der Waals surface area contributed by atoms with Crippen molar-refractivity contribution in [2.24, 2.45) is 10.9 Å². The van der Waals surface area contributed by atoms with E-state index in [-0.39, 0.29) is 37.8 Å². The predicted molar refractivity (Wildman–Crippen MR) is 115 cm³/mol. The van der Waals surface area contributed by atoms with Gasteiger partial charge in [-0.1, -0.05) is 25.3 Å². The van der Waals surface area contributed by atoms with Crippen molar-refractivity contribution in [1.29, 1.82) is 0 Å². The first-order chi connectivity index (χ1) is 15.5. The lowest BCUT2D eigenvalue weighted by Crippen LogP contribution is -2.50. The maximum absolute atomic E-state index is 14.0. The zero-order chi connectivity index (χ0) is 23.9. The third-order valence-electron chi connectivity index (χ3n) is 6.67. The van der Waals surface area contributed by atoms with E-state index in [4.69, 9.17) is 0 Å². The number of nitrogens with zero attached hydrogens (tertiary/aromatic N) is 2. The fraction of sp³-hybridized carbons (Fsp3) is 0.545. The maximum atomic E-state index is 14.0. The number of benzene rings is 1. The van der Waals surface area contributed by atoms with Crippen molar-refractivity contribution in [2.75, 3.05) is 13.1 Å². The number of amides is 1. The summed E-state index contributed by atoms with van der Waals surface area (Å²) in [6.07, 6.45) is 1.44. The number of halogens is 4. The van der Waals surface area contributed by atoms with Crippen LogP contribution >= 0.6 is 0 Å². The van der Waals surface area contributed by atoms with Crippen LogP contribution in [-0.2, 0) is 21.0 Å². The molecule has 180 valence electrons. The Hall–Kier alpha value is -2.27. The molecule has 0 unspecified atom stereocenters. The fourth-order valence-electron chi connectivity index (χ4n) is 4.75. The molecule has 0 radical (unpaired) electrons. The topological polar surface area (TPSA) is 78.8 Å². The second-order valence-corrected chi connectivity index (χ2v) is 10.6. The highest BCUT2D eigenvalue weighted by atomic mass is 32.2. The van der Waals surface area contributed by atoms with Crippen molar-refractivity contribution in [3.05, 3.63) is 40.6 Å². The van der Waals surface area contributed by atoms with E-state index in [2.05, 4.69) is 10.3 Å². The van der Waals surface area contributed by atoms with Crippen LogP contribution in [-0.4, -0.2) is 43.1 Å². The summed E-state index contributed by atoms with van der Waals surface area (Å²) in [4.78, 5) is 17.4. The molecule has 1 spiro atoms. The normalized spacial score (nSPS) is 22.7. The van der Waals surface area contributed by atoms with Gasteiger partial charge in [0.25, 0.3) is 5.91 Å². The Morgan fingerprint density at radius 2 is 1.79 bits per heavy atom. The standard InChI is InChI=1S/C22H25F4N3O3S/c23-18-8-4-7-17(22(24,25)26)16(18)9-14-33(31,32)29-12-10-21(11-13-29)20(30)27-19(28-21)15-5-2-1-3-6-15/h4,7-9,14-15H,1-3,5-6,10-13H2,(H,27,28,30). The van der Waals surface area contributed by atoms with Gasteiger partial charge < -0.3 is 5.32 Å². The SMILES string of the molecule is O=C1NC(C2CCCCC2)=NC12CCN(S(=O)(=O)C=Cc1c(F)cccc1C(F)(F)F)CC2. The molecule has 6 nitrogen and oxygen atoms in total. The molecule has 1 N–H and O–H groups in total. The number of hydrogen-bond donors (Lipinski definition) is 1. The van der Waals surface area contributed by atoms with Crippen LogP contribution in [0.5, 0.6) is 0 Å². The first-order valence-electron chi connectivity index (χ1n) is 11.0. The Morgan fingerprint density at radius 3 is 2.42 bits per heavy atom.